The zero-order valence-corrected chi connectivity index (χ0v) is 20.4. The summed E-state index contributed by atoms with van der Waals surface area (Å²) in [6.45, 7) is 3.81. The summed E-state index contributed by atoms with van der Waals surface area (Å²) >= 11 is 0. The molecule has 1 aromatic rings. The molecule has 0 aromatic heterocycles. The minimum atomic E-state index is -2.66. The van der Waals surface area contributed by atoms with Crippen LogP contribution in [0.3, 0.4) is 0 Å². The number of phenols is 1. The third-order valence-corrected chi connectivity index (χ3v) is 7.33. The molecule has 0 radical (unpaired) electrons. The Bertz CT molecular complexity index is 1280. The van der Waals surface area contributed by atoms with Crippen LogP contribution in [-0.4, -0.2) is 80.9 Å². The number of amides is 1. The van der Waals surface area contributed by atoms with Gasteiger partial charge < -0.3 is 31.0 Å². The van der Waals surface area contributed by atoms with Gasteiger partial charge in [0.05, 0.1) is 17.3 Å². The number of phenolic OH excluding ortho intramolecular Hbond substituents is 1. The smallest absolute Gasteiger partial charge is 0.255 e. The minimum Gasteiger partial charge on any atom is -0.510 e. The number of benzene rings is 1. The van der Waals surface area contributed by atoms with Crippen molar-refractivity contribution in [1.82, 2.24) is 4.90 Å². The van der Waals surface area contributed by atoms with E-state index in [4.69, 9.17) is 10.6 Å². The molecular formula is C25H29N3O8. The second-order valence-corrected chi connectivity index (χ2v) is 9.54. The van der Waals surface area contributed by atoms with E-state index in [1.807, 2.05) is 0 Å². The summed E-state index contributed by atoms with van der Waals surface area (Å²) in [6.07, 6.45) is 0.194. The number of rotatable bonds is 5. The van der Waals surface area contributed by atoms with Crippen LogP contribution in [0.2, 0.25) is 0 Å². The highest BCUT2D eigenvalue weighted by atomic mass is 16.6. The van der Waals surface area contributed by atoms with Gasteiger partial charge in [-0.25, -0.2) is 0 Å². The number of Topliss-reactive ketones (excluding diaryl/α,β-unsaturated/α-hetero) is 2. The number of likely N-dealkylation sites (N-methyl/N-ethyl adjacent to an activating group) is 1. The number of oxime groups is 1. The topological polar surface area (TPSA) is 183 Å². The number of nitrogens with two attached hydrogens (primary N) is 1. The average Bonchev–Trinajstić information content (AvgIpc) is 2.79. The SMILES string of the molecule is CCO/N=C(/C)c1ccc(O)c2c1CC1CC3[C@H](N(C)C)C(O)=C(C(N)=O)C(=O)[C@@]3(O)C(O)=C1C2=O. The highest BCUT2D eigenvalue weighted by molar-refractivity contribution is 6.25. The Kier molecular flexibility index (Phi) is 6.17. The molecule has 11 nitrogen and oxygen atoms in total. The minimum absolute atomic E-state index is 0.0164. The second kappa shape index (κ2) is 8.75. The molecule has 1 amide bonds. The van der Waals surface area contributed by atoms with Crippen molar-refractivity contribution in [3.8, 4) is 5.75 Å². The van der Waals surface area contributed by atoms with E-state index in [2.05, 4.69) is 5.16 Å². The van der Waals surface area contributed by atoms with Crippen molar-refractivity contribution in [2.45, 2.75) is 38.3 Å². The first-order valence-corrected chi connectivity index (χ1v) is 11.5. The van der Waals surface area contributed by atoms with Crippen LogP contribution in [0.25, 0.3) is 0 Å². The van der Waals surface area contributed by atoms with Gasteiger partial charge in [0.1, 0.15) is 29.4 Å². The molecule has 3 aliphatic carbocycles. The van der Waals surface area contributed by atoms with Crippen LogP contribution in [-0.2, 0) is 20.8 Å². The lowest BCUT2D eigenvalue weighted by Crippen LogP contribution is -2.63. The lowest BCUT2D eigenvalue weighted by Gasteiger charge is -2.50. The Morgan fingerprint density at radius 3 is 2.50 bits per heavy atom. The number of primary amides is 1. The third kappa shape index (κ3) is 3.41. The predicted octanol–water partition coefficient (Wildman–Crippen LogP) is 0.881. The second-order valence-electron chi connectivity index (χ2n) is 9.54. The molecule has 0 heterocycles. The number of allylic oxidation sites excluding steroid dienone is 1. The highest BCUT2D eigenvalue weighted by Gasteiger charge is 2.63. The van der Waals surface area contributed by atoms with Gasteiger partial charge in [0, 0.05) is 17.1 Å². The molecule has 3 aliphatic rings. The van der Waals surface area contributed by atoms with Crippen molar-refractivity contribution in [3.63, 3.8) is 0 Å². The van der Waals surface area contributed by atoms with Crippen LogP contribution in [0.15, 0.2) is 40.0 Å². The number of aliphatic hydroxyl groups excluding tert-OH is 2. The monoisotopic (exact) mass is 499 g/mol. The van der Waals surface area contributed by atoms with E-state index in [0.717, 1.165) is 0 Å². The van der Waals surface area contributed by atoms with E-state index in [1.165, 1.54) is 11.0 Å². The predicted molar refractivity (Wildman–Crippen MR) is 128 cm³/mol. The number of ketones is 2. The number of hydrogen-bond donors (Lipinski definition) is 5. The Morgan fingerprint density at radius 2 is 1.92 bits per heavy atom. The lowest BCUT2D eigenvalue weighted by atomic mass is 9.58. The lowest BCUT2D eigenvalue weighted by molar-refractivity contribution is -0.148. The molecule has 36 heavy (non-hydrogen) atoms. The van der Waals surface area contributed by atoms with Crippen molar-refractivity contribution in [2.75, 3.05) is 20.7 Å². The van der Waals surface area contributed by atoms with Gasteiger partial charge in [0.25, 0.3) is 5.91 Å². The van der Waals surface area contributed by atoms with E-state index in [9.17, 15) is 34.8 Å². The molecule has 0 fully saturated rings. The van der Waals surface area contributed by atoms with Crippen LogP contribution in [0.4, 0.5) is 0 Å². The quantitative estimate of drug-likeness (QED) is 0.223. The molecule has 0 aliphatic heterocycles. The van der Waals surface area contributed by atoms with E-state index in [1.54, 1.807) is 34.0 Å². The number of fused-ring (bicyclic) bond motifs is 3. The Balaban J connectivity index is 1.94. The summed E-state index contributed by atoms with van der Waals surface area (Å²) in [4.78, 5) is 45.6. The van der Waals surface area contributed by atoms with Gasteiger partial charge in [-0.2, -0.15) is 0 Å². The number of nitrogens with zero attached hydrogens (tertiary/aromatic N) is 2. The fourth-order valence-corrected chi connectivity index (χ4v) is 5.80. The maximum absolute atomic E-state index is 13.7. The number of hydrogen-bond acceptors (Lipinski definition) is 10. The maximum Gasteiger partial charge on any atom is 0.255 e. The molecule has 4 rings (SSSR count). The number of carbonyl (C=O) groups is 3. The zero-order chi connectivity index (χ0) is 26.7. The largest absolute Gasteiger partial charge is 0.510 e. The molecule has 0 bridgehead atoms. The van der Waals surface area contributed by atoms with Crippen molar-refractivity contribution >= 4 is 23.2 Å². The van der Waals surface area contributed by atoms with Gasteiger partial charge >= 0.3 is 0 Å². The van der Waals surface area contributed by atoms with E-state index in [-0.39, 0.29) is 29.7 Å². The van der Waals surface area contributed by atoms with Gasteiger partial charge in [-0.3, -0.25) is 19.3 Å². The van der Waals surface area contributed by atoms with Crippen molar-refractivity contribution < 1.29 is 39.6 Å². The summed E-state index contributed by atoms with van der Waals surface area (Å²) in [5, 5.41) is 48.3. The van der Waals surface area contributed by atoms with Crippen LogP contribution in [0, 0.1) is 11.8 Å². The molecule has 1 aromatic carbocycles. The zero-order valence-electron chi connectivity index (χ0n) is 20.4. The molecule has 192 valence electrons. The molecule has 2 unspecified atom stereocenters. The van der Waals surface area contributed by atoms with Crippen LogP contribution >= 0.6 is 0 Å². The molecular weight excluding hydrogens is 470 g/mol. The number of carbonyl (C=O) groups excluding carboxylic acids is 3. The summed E-state index contributed by atoms with van der Waals surface area (Å²) in [5.74, 6) is -6.84. The molecule has 0 saturated carbocycles. The number of aromatic hydroxyl groups is 1. The fourth-order valence-electron chi connectivity index (χ4n) is 5.80. The van der Waals surface area contributed by atoms with E-state index < -0.39 is 58.0 Å². The first kappa shape index (κ1) is 25.4. The first-order chi connectivity index (χ1) is 16.9. The summed E-state index contributed by atoms with van der Waals surface area (Å²) in [5.41, 5.74) is 3.11. The maximum atomic E-state index is 13.7. The van der Waals surface area contributed by atoms with Gasteiger partial charge in [-0.15, -0.1) is 0 Å². The van der Waals surface area contributed by atoms with Crippen LogP contribution in [0.1, 0.15) is 41.8 Å². The Hall–Kier alpha value is -3.70. The third-order valence-electron chi connectivity index (χ3n) is 7.33. The Labute approximate surface area is 207 Å². The van der Waals surface area contributed by atoms with Crippen molar-refractivity contribution in [1.29, 1.82) is 0 Å². The van der Waals surface area contributed by atoms with Crippen LogP contribution < -0.4 is 5.73 Å². The van der Waals surface area contributed by atoms with Crippen molar-refractivity contribution in [2.24, 2.45) is 22.7 Å². The molecule has 0 saturated heterocycles. The molecule has 0 spiro atoms. The average molecular weight is 500 g/mol. The summed E-state index contributed by atoms with van der Waals surface area (Å²) in [6, 6.07) is 1.91. The van der Waals surface area contributed by atoms with Gasteiger partial charge in [0.2, 0.25) is 5.78 Å². The van der Waals surface area contributed by atoms with Crippen molar-refractivity contribution in [3.05, 3.63) is 51.5 Å². The molecule has 11 heteroatoms. The molecule has 6 N–H and O–H groups in total. The van der Waals surface area contributed by atoms with Gasteiger partial charge in [0.15, 0.2) is 11.4 Å². The van der Waals surface area contributed by atoms with Gasteiger partial charge in [-0.1, -0.05) is 5.16 Å². The highest BCUT2D eigenvalue weighted by Crippen LogP contribution is 2.52. The summed E-state index contributed by atoms with van der Waals surface area (Å²) < 4.78 is 0. The van der Waals surface area contributed by atoms with E-state index in [0.29, 0.717) is 23.4 Å². The normalized spacial score (nSPS) is 28.2. The Morgan fingerprint density at radius 1 is 1.25 bits per heavy atom. The van der Waals surface area contributed by atoms with Gasteiger partial charge in [-0.05, 0) is 64.4 Å². The number of aliphatic hydroxyl groups is 3. The molecule has 4 atom stereocenters. The summed E-state index contributed by atoms with van der Waals surface area (Å²) in [7, 11) is 3.16. The van der Waals surface area contributed by atoms with E-state index >= 15 is 0 Å². The van der Waals surface area contributed by atoms with Crippen LogP contribution in [0.5, 0.6) is 5.75 Å². The fraction of sp³-hybridized carbons (Fsp3) is 0.440. The first-order valence-electron chi connectivity index (χ1n) is 11.5. The standard InChI is InChI=1S/C25H29N3O8/c1-5-36-27-10(2)12-6-7-15(29)17-13(12)8-11-9-14-19(28(3)4)21(31)18(24(26)34)23(33)25(14,35)22(32)16(11)20(17)30/h6-7,11,14,19,29,31-32,35H,5,8-9H2,1-4H3,(H2,26,34)/b27-10-/t11?,14?,19-,25-/m0/s1.